The van der Waals surface area contributed by atoms with Crippen molar-refractivity contribution in [3.63, 3.8) is 0 Å². The maximum atomic E-state index is 10.7. The molecule has 0 heterocycles. The van der Waals surface area contributed by atoms with Crippen molar-refractivity contribution in [1.29, 1.82) is 0 Å². The van der Waals surface area contributed by atoms with Gasteiger partial charge in [0.05, 0.1) is 5.69 Å². The van der Waals surface area contributed by atoms with Gasteiger partial charge in [0.1, 0.15) is 0 Å². The van der Waals surface area contributed by atoms with E-state index in [0.717, 1.165) is 4.47 Å². The Balaban J connectivity index is 3.08. The molecule has 0 atom stereocenters. The highest BCUT2D eigenvalue weighted by Crippen LogP contribution is 2.26. The van der Waals surface area contributed by atoms with E-state index in [2.05, 4.69) is 36.6 Å². The average molecular weight is 330 g/mol. The van der Waals surface area contributed by atoms with Crippen molar-refractivity contribution >= 4 is 47.8 Å². The highest BCUT2D eigenvalue weighted by molar-refractivity contribution is 9.11. The van der Waals surface area contributed by atoms with E-state index in [9.17, 15) is 8.42 Å². The van der Waals surface area contributed by atoms with Gasteiger partial charge in [0.25, 0.3) is 10.2 Å². The molecule has 72 valence electrons. The van der Waals surface area contributed by atoms with Gasteiger partial charge in [-0.15, -0.1) is 0 Å². The Morgan fingerprint density at radius 3 is 2.46 bits per heavy atom. The van der Waals surface area contributed by atoms with Crippen LogP contribution in [0.15, 0.2) is 27.1 Å². The topological polar surface area (TPSA) is 72.2 Å². The molecule has 0 aromatic heterocycles. The number of hydrogen-bond donors (Lipinski definition) is 2. The fourth-order valence-electron chi connectivity index (χ4n) is 0.729. The second kappa shape index (κ2) is 3.95. The lowest BCUT2D eigenvalue weighted by molar-refractivity contribution is 0.603. The second-order valence-electron chi connectivity index (χ2n) is 2.27. The molecule has 0 fully saturated rings. The van der Waals surface area contributed by atoms with Gasteiger partial charge in [-0.25, -0.2) is 5.14 Å². The molecule has 4 nitrogen and oxygen atoms in total. The summed E-state index contributed by atoms with van der Waals surface area (Å²) >= 11 is 6.39. The maximum absolute atomic E-state index is 10.7. The summed E-state index contributed by atoms with van der Waals surface area (Å²) in [5.74, 6) is 0. The van der Waals surface area contributed by atoms with Crippen LogP contribution in [0, 0.1) is 0 Å². The van der Waals surface area contributed by atoms with E-state index in [1.807, 2.05) is 0 Å². The molecule has 0 spiro atoms. The zero-order valence-electron chi connectivity index (χ0n) is 6.29. The van der Waals surface area contributed by atoms with Gasteiger partial charge in [-0.2, -0.15) is 8.42 Å². The Hall–Kier alpha value is -0.110. The lowest BCUT2D eigenvalue weighted by atomic mass is 10.3. The van der Waals surface area contributed by atoms with Gasteiger partial charge in [-0.1, -0.05) is 15.9 Å². The lowest BCUT2D eigenvalue weighted by Crippen LogP contribution is -2.21. The number of anilines is 1. The predicted molar refractivity (Wildman–Crippen MR) is 58.6 cm³/mol. The van der Waals surface area contributed by atoms with Crippen molar-refractivity contribution in [2.24, 2.45) is 5.14 Å². The highest BCUT2D eigenvalue weighted by Gasteiger charge is 2.05. The number of halogens is 2. The molecule has 0 aliphatic heterocycles. The average Bonchev–Trinajstić information content (AvgIpc) is 1.94. The van der Waals surface area contributed by atoms with Crippen molar-refractivity contribution in [3.05, 3.63) is 27.1 Å². The molecule has 7 heteroatoms. The highest BCUT2D eigenvalue weighted by atomic mass is 79.9. The molecule has 0 saturated carbocycles. The molecule has 13 heavy (non-hydrogen) atoms. The van der Waals surface area contributed by atoms with Crippen LogP contribution in [-0.2, 0) is 10.2 Å². The maximum Gasteiger partial charge on any atom is 0.296 e. The molecule has 0 unspecified atom stereocenters. The molecular weight excluding hydrogens is 324 g/mol. The Bertz CT molecular complexity index is 419. The normalized spacial score (nSPS) is 11.3. The molecule has 0 radical (unpaired) electrons. The van der Waals surface area contributed by atoms with E-state index < -0.39 is 10.2 Å². The summed E-state index contributed by atoms with van der Waals surface area (Å²) in [5.41, 5.74) is 0.400. The first-order valence-corrected chi connectivity index (χ1v) is 6.27. The van der Waals surface area contributed by atoms with E-state index in [-0.39, 0.29) is 0 Å². The molecule has 3 N–H and O–H groups in total. The zero-order valence-corrected chi connectivity index (χ0v) is 10.3. The van der Waals surface area contributed by atoms with Gasteiger partial charge >= 0.3 is 0 Å². The summed E-state index contributed by atoms with van der Waals surface area (Å²) in [7, 11) is -3.72. The van der Waals surface area contributed by atoms with Gasteiger partial charge in [0.2, 0.25) is 0 Å². The van der Waals surface area contributed by atoms with Gasteiger partial charge < -0.3 is 0 Å². The van der Waals surface area contributed by atoms with E-state index in [1.165, 1.54) is 0 Å². The molecule has 0 bridgehead atoms. The monoisotopic (exact) mass is 328 g/mol. The van der Waals surface area contributed by atoms with Gasteiger partial charge in [0.15, 0.2) is 0 Å². The largest absolute Gasteiger partial charge is 0.296 e. The fraction of sp³-hybridized carbons (Fsp3) is 0. The standard InChI is InChI=1S/C6H6Br2N2O2S/c7-4-1-2-5(8)6(3-4)10-13(9,11)12/h1-3,10H,(H2,9,11,12). The van der Waals surface area contributed by atoms with Crippen LogP contribution in [0.4, 0.5) is 5.69 Å². The molecule has 0 amide bonds. The van der Waals surface area contributed by atoms with Crippen LogP contribution in [0.3, 0.4) is 0 Å². The first-order valence-electron chi connectivity index (χ1n) is 3.14. The van der Waals surface area contributed by atoms with Crippen LogP contribution in [-0.4, -0.2) is 8.42 Å². The summed E-state index contributed by atoms with van der Waals surface area (Å²) in [4.78, 5) is 0. The van der Waals surface area contributed by atoms with Crippen LogP contribution in [0.25, 0.3) is 0 Å². The SMILES string of the molecule is NS(=O)(=O)Nc1cc(Br)ccc1Br. The van der Waals surface area contributed by atoms with Crippen LogP contribution in [0.1, 0.15) is 0 Å². The zero-order chi connectivity index (χ0) is 10.1. The van der Waals surface area contributed by atoms with Gasteiger partial charge in [-0.05, 0) is 34.1 Å². The van der Waals surface area contributed by atoms with Crippen LogP contribution in [0.2, 0.25) is 0 Å². The van der Waals surface area contributed by atoms with E-state index in [0.29, 0.717) is 10.2 Å². The number of hydrogen-bond acceptors (Lipinski definition) is 2. The van der Waals surface area contributed by atoms with Gasteiger partial charge in [0, 0.05) is 8.95 Å². The quantitative estimate of drug-likeness (QED) is 0.868. The van der Waals surface area contributed by atoms with Gasteiger partial charge in [-0.3, -0.25) is 4.72 Å². The molecule has 0 aliphatic rings. The van der Waals surface area contributed by atoms with Crippen molar-refractivity contribution in [1.82, 2.24) is 0 Å². The van der Waals surface area contributed by atoms with Crippen molar-refractivity contribution in [3.8, 4) is 0 Å². The minimum atomic E-state index is -3.72. The van der Waals surface area contributed by atoms with E-state index in [1.54, 1.807) is 18.2 Å². The summed E-state index contributed by atoms with van der Waals surface area (Å²) in [6, 6.07) is 5.09. The van der Waals surface area contributed by atoms with Crippen molar-refractivity contribution in [2.75, 3.05) is 4.72 Å². The smallest absolute Gasteiger partial charge is 0.270 e. The number of rotatable bonds is 2. The fourth-order valence-corrected chi connectivity index (χ4v) is 2.04. The number of nitrogens with two attached hydrogens (primary N) is 1. The molecule has 0 saturated heterocycles. The predicted octanol–water partition coefficient (Wildman–Crippen LogP) is 1.83. The van der Waals surface area contributed by atoms with Crippen LogP contribution >= 0.6 is 31.9 Å². The van der Waals surface area contributed by atoms with E-state index in [4.69, 9.17) is 5.14 Å². The minimum Gasteiger partial charge on any atom is -0.270 e. The number of benzene rings is 1. The summed E-state index contributed by atoms with van der Waals surface area (Å²) in [6.45, 7) is 0. The number of nitrogens with one attached hydrogen (secondary N) is 1. The Morgan fingerprint density at radius 1 is 1.31 bits per heavy atom. The molecule has 1 rings (SSSR count). The second-order valence-corrected chi connectivity index (χ2v) is 5.34. The third kappa shape index (κ3) is 3.63. The third-order valence-electron chi connectivity index (χ3n) is 1.18. The molecule has 0 aliphatic carbocycles. The summed E-state index contributed by atoms with van der Waals surface area (Å²) < 4.78 is 24.9. The Labute approximate surface area is 93.0 Å². The van der Waals surface area contributed by atoms with Crippen LogP contribution < -0.4 is 9.86 Å². The molecular formula is C6H6Br2N2O2S. The van der Waals surface area contributed by atoms with Crippen molar-refractivity contribution < 1.29 is 8.42 Å². The molecule has 1 aromatic rings. The minimum absolute atomic E-state index is 0.400. The first kappa shape index (κ1) is 11.0. The van der Waals surface area contributed by atoms with Crippen molar-refractivity contribution in [2.45, 2.75) is 0 Å². The summed E-state index contributed by atoms with van der Waals surface area (Å²) in [5, 5.41) is 4.81. The lowest BCUT2D eigenvalue weighted by Gasteiger charge is -2.05. The van der Waals surface area contributed by atoms with E-state index >= 15 is 0 Å². The molecule has 1 aromatic carbocycles. The Morgan fingerprint density at radius 2 is 1.92 bits per heavy atom. The third-order valence-corrected chi connectivity index (χ3v) is 2.87. The Kier molecular flexibility index (Phi) is 3.33. The first-order chi connectivity index (χ1) is 5.88. The van der Waals surface area contributed by atoms with Crippen LogP contribution in [0.5, 0.6) is 0 Å². The summed E-state index contributed by atoms with van der Waals surface area (Å²) in [6.07, 6.45) is 0.